The molecule has 2 aliphatic heterocycles. The van der Waals surface area contributed by atoms with Gasteiger partial charge in [-0.05, 0) is 44.2 Å². The van der Waals surface area contributed by atoms with Crippen LogP contribution in [-0.2, 0) is 4.79 Å². The van der Waals surface area contributed by atoms with Crippen molar-refractivity contribution < 1.29 is 4.79 Å². The molecule has 2 saturated heterocycles. The second-order valence-corrected chi connectivity index (χ2v) is 7.57. The van der Waals surface area contributed by atoms with Gasteiger partial charge in [0, 0.05) is 30.5 Å². The van der Waals surface area contributed by atoms with Crippen LogP contribution in [0.25, 0.3) is 0 Å². The summed E-state index contributed by atoms with van der Waals surface area (Å²) in [5, 5.41) is 4.02. The molecule has 0 radical (unpaired) electrons. The molecule has 2 rings (SSSR count). The van der Waals surface area contributed by atoms with Crippen LogP contribution in [0.1, 0.15) is 39.5 Å². The van der Waals surface area contributed by atoms with Crippen molar-refractivity contribution >= 4 is 17.7 Å². The fourth-order valence-electron chi connectivity index (χ4n) is 2.96. The van der Waals surface area contributed by atoms with Crippen LogP contribution >= 0.6 is 11.8 Å². The number of piperidine rings is 1. The Bertz CT molecular complexity index is 290. The first-order valence-electron chi connectivity index (χ1n) is 7.77. The van der Waals surface area contributed by atoms with E-state index in [0.717, 1.165) is 50.7 Å². The predicted octanol–water partition coefficient (Wildman–Crippen LogP) is 2.37. The Hall–Kier alpha value is -0.220. The standard InChI is InChI=1S/C15H28N2OS/c1-12(2)14-11-17(9-10-19-14)15(18)4-3-13-5-7-16-8-6-13/h12-14,16H,3-11H2,1-2H3. The van der Waals surface area contributed by atoms with Crippen molar-refractivity contribution in [1.82, 2.24) is 10.2 Å². The lowest BCUT2D eigenvalue weighted by atomic mass is 9.93. The molecule has 0 spiro atoms. The first-order valence-corrected chi connectivity index (χ1v) is 8.82. The van der Waals surface area contributed by atoms with Crippen LogP contribution in [0.2, 0.25) is 0 Å². The quantitative estimate of drug-likeness (QED) is 0.860. The summed E-state index contributed by atoms with van der Waals surface area (Å²) >= 11 is 2.04. The summed E-state index contributed by atoms with van der Waals surface area (Å²) in [6, 6.07) is 0. The van der Waals surface area contributed by atoms with Crippen LogP contribution in [-0.4, -0.2) is 48.0 Å². The fraction of sp³-hybridized carbons (Fsp3) is 0.933. The molecule has 4 heteroatoms. The number of nitrogens with one attached hydrogen (secondary N) is 1. The van der Waals surface area contributed by atoms with E-state index in [1.807, 2.05) is 11.8 Å². The van der Waals surface area contributed by atoms with E-state index in [9.17, 15) is 4.79 Å². The number of carbonyl (C=O) groups is 1. The van der Waals surface area contributed by atoms with Gasteiger partial charge in [-0.15, -0.1) is 0 Å². The third-order valence-electron chi connectivity index (χ3n) is 4.41. The van der Waals surface area contributed by atoms with Crippen molar-refractivity contribution in [2.24, 2.45) is 11.8 Å². The lowest BCUT2D eigenvalue weighted by Crippen LogP contribution is -2.43. The lowest BCUT2D eigenvalue weighted by molar-refractivity contribution is -0.131. The molecule has 1 unspecified atom stereocenters. The maximum Gasteiger partial charge on any atom is 0.222 e. The maximum atomic E-state index is 12.3. The number of nitrogens with zero attached hydrogens (tertiary/aromatic N) is 1. The van der Waals surface area contributed by atoms with Gasteiger partial charge in [-0.2, -0.15) is 11.8 Å². The Morgan fingerprint density at radius 1 is 1.37 bits per heavy atom. The van der Waals surface area contributed by atoms with Crippen LogP contribution in [0.15, 0.2) is 0 Å². The van der Waals surface area contributed by atoms with Gasteiger partial charge in [0.25, 0.3) is 0 Å². The summed E-state index contributed by atoms with van der Waals surface area (Å²) in [4.78, 5) is 14.4. The molecule has 0 aromatic rings. The molecule has 19 heavy (non-hydrogen) atoms. The van der Waals surface area contributed by atoms with Crippen molar-refractivity contribution in [2.75, 3.05) is 31.9 Å². The molecule has 0 bridgehead atoms. The Labute approximate surface area is 121 Å². The Kier molecular flexibility index (Phi) is 6.02. The van der Waals surface area contributed by atoms with Gasteiger partial charge in [0.1, 0.15) is 0 Å². The third kappa shape index (κ3) is 4.67. The molecule has 1 amide bonds. The van der Waals surface area contributed by atoms with Crippen LogP contribution in [0.3, 0.4) is 0 Å². The molecule has 2 fully saturated rings. The number of carbonyl (C=O) groups excluding carboxylic acids is 1. The van der Waals surface area contributed by atoms with Gasteiger partial charge in [-0.3, -0.25) is 4.79 Å². The average molecular weight is 284 g/mol. The summed E-state index contributed by atoms with van der Waals surface area (Å²) < 4.78 is 0. The van der Waals surface area contributed by atoms with E-state index >= 15 is 0 Å². The summed E-state index contributed by atoms with van der Waals surface area (Å²) in [5.41, 5.74) is 0. The van der Waals surface area contributed by atoms with Gasteiger partial charge in [-0.1, -0.05) is 13.8 Å². The van der Waals surface area contributed by atoms with Crippen LogP contribution < -0.4 is 5.32 Å². The molecule has 3 nitrogen and oxygen atoms in total. The Morgan fingerprint density at radius 2 is 2.11 bits per heavy atom. The van der Waals surface area contributed by atoms with Gasteiger partial charge < -0.3 is 10.2 Å². The first kappa shape index (κ1) is 15.2. The molecular formula is C15H28N2OS. The Morgan fingerprint density at radius 3 is 2.79 bits per heavy atom. The largest absolute Gasteiger partial charge is 0.341 e. The topological polar surface area (TPSA) is 32.3 Å². The zero-order valence-electron chi connectivity index (χ0n) is 12.4. The van der Waals surface area contributed by atoms with Crippen molar-refractivity contribution in [1.29, 1.82) is 0 Å². The van der Waals surface area contributed by atoms with Gasteiger partial charge in [0.2, 0.25) is 5.91 Å². The third-order valence-corrected chi connectivity index (χ3v) is 5.95. The van der Waals surface area contributed by atoms with Gasteiger partial charge in [-0.25, -0.2) is 0 Å². The molecule has 1 N–H and O–H groups in total. The van der Waals surface area contributed by atoms with Crippen LogP contribution in [0, 0.1) is 11.8 Å². The second kappa shape index (κ2) is 7.53. The van der Waals surface area contributed by atoms with Crippen molar-refractivity contribution in [3.05, 3.63) is 0 Å². The first-order chi connectivity index (χ1) is 9.16. The van der Waals surface area contributed by atoms with E-state index in [0.29, 0.717) is 17.1 Å². The van der Waals surface area contributed by atoms with E-state index in [2.05, 4.69) is 24.1 Å². The molecule has 1 atom stereocenters. The molecule has 0 aromatic carbocycles. The van der Waals surface area contributed by atoms with Crippen LogP contribution in [0.4, 0.5) is 0 Å². The van der Waals surface area contributed by atoms with Gasteiger partial charge in [0.05, 0.1) is 0 Å². The highest BCUT2D eigenvalue weighted by molar-refractivity contribution is 8.00. The smallest absolute Gasteiger partial charge is 0.222 e. The minimum absolute atomic E-state index is 0.393. The van der Waals surface area contributed by atoms with E-state index in [1.165, 1.54) is 12.8 Å². The number of rotatable bonds is 4. The molecule has 0 aliphatic carbocycles. The number of hydrogen-bond donors (Lipinski definition) is 1. The molecule has 2 aliphatic rings. The summed E-state index contributed by atoms with van der Waals surface area (Å²) in [5.74, 6) is 2.95. The highest BCUT2D eigenvalue weighted by Gasteiger charge is 2.26. The van der Waals surface area contributed by atoms with E-state index < -0.39 is 0 Å². The average Bonchev–Trinajstić information content (AvgIpc) is 2.46. The lowest BCUT2D eigenvalue weighted by Gasteiger charge is -2.34. The number of amides is 1. The molecular weight excluding hydrogens is 256 g/mol. The van der Waals surface area contributed by atoms with E-state index in [-0.39, 0.29) is 0 Å². The molecule has 0 aromatic heterocycles. The zero-order valence-corrected chi connectivity index (χ0v) is 13.2. The maximum absolute atomic E-state index is 12.3. The highest BCUT2D eigenvalue weighted by Crippen LogP contribution is 2.26. The molecule has 2 heterocycles. The van der Waals surface area contributed by atoms with E-state index in [4.69, 9.17) is 0 Å². The molecule has 110 valence electrons. The van der Waals surface area contributed by atoms with Crippen molar-refractivity contribution in [2.45, 2.75) is 44.8 Å². The van der Waals surface area contributed by atoms with Crippen LogP contribution in [0.5, 0.6) is 0 Å². The van der Waals surface area contributed by atoms with E-state index in [1.54, 1.807) is 0 Å². The fourth-order valence-corrected chi connectivity index (χ4v) is 4.26. The summed E-state index contributed by atoms with van der Waals surface area (Å²) in [7, 11) is 0. The monoisotopic (exact) mass is 284 g/mol. The van der Waals surface area contributed by atoms with Gasteiger partial charge >= 0.3 is 0 Å². The SMILES string of the molecule is CC(C)C1CN(C(=O)CCC2CCNCC2)CCS1. The Balaban J connectivity index is 1.72. The normalized spacial score (nSPS) is 25.8. The zero-order chi connectivity index (χ0) is 13.7. The summed E-state index contributed by atoms with van der Waals surface area (Å²) in [6.45, 7) is 8.72. The summed E-state index contributed by atoms with van der Waals surface area (Å²) in [6.07, 6.45) is 4.35. The minimum Gasteiger partial charge on any atom is -0.341 e. The highest BCUT2D eigenvalue weighted by atomic mass is 32.2. The predicted molar refractivity (Wildman–Crippen MR) is 82.5 cm³/mol. The number of hydrogen-bond acceptors (Lipinski definition) is 3. The van der Waals surface area contributed by atoms with Crippen molar-refractivity contribution in [3.8, 4) is 0 Å². The minimum atomic E-state index is 0.393. The molecule has 0 saturated carbocycles. The second-order valence-electron chi connectivity index (χ2n) is 6.23. The van der Waals surface area contributed by atoms with Crippen molar-refractivity contribution in [3.63, 3.8) is 0 Å². The number of thioether (sulfide) groups is 1. The van der Waals surface area contributed by atoms with Gasteiger partial charge in [0.15, 0.2) is 0 Å².